The van der Waals surface area contributed by atoms with Crippen molar-refractivity contribution >= 4 is 39.7 Å². The first-order valence-electron chi connectivity index (χ1n) is 9.87. The Kier molecular flexibility index (Phi) is 16.5. The largest absolute Gasteiger partial charge is 0.491 e. The quantitative estimate of drug-likeness (QED) is 0.130. The Bertz CT molecular complexity index is 591. The fourth-order valence-electron chi connectivity index (χ4n) is 2.43. The Morgan fingerprint density at radius 1 is 0.929 bits per heavy atom. The molecule has 0 fully saturated rings. The van der Waals surface area contributed by atoms with E-state index in [9.17, 15) is 8.42 Å². The number of ether oxygens (including phenoxy) is 2. The van der Waals surface area contributed by atoms with E-state index in [1.807, 2.05) is 12.1 Å². The summed E-state index contributed by atoms with van der Waals surface area (Å²) in [4.78, 5) is 4.67. The maximum Gasteiger partial charge on any atom is 0.293 e. The van der Waals surface area contributed by atoms with E-state index >= 15 is 0 Å². The maximum absolute atomic E-state index is 11.1. The molecule has 0 aliphatic heterocycles. The van der Waals surface area contributed by atoms with E-state index in [4.69, 9.17) is 9.47 Å². The van der Waals surface area contributed by atoms with Gasteiger partial charge in [-0.2, -0.15) is 13.3 Å². The molecule has 1 unspecified atom stereocenters. The molecule has 1 aromatic carbocycles. The van der Waals surface area contributed by atoms with Crippen LogP contribution in [0.5, 0.6) is 5.75 Å². The number of unbranched alkanes of at least 4 members (excludes halogenated alkanes) is 5. The molecule has 0 saturated heterocycles. The van der Waals surface area contributed by atoms with Gasteiger partial charge in [-0.3, -0.25) is 0 Å². The third-order valence-electron chi connectivity index (χ3n) is 4.08. The molecule has 0 aromatic heterocycles. The van der Waals surface area contributed by atoms with Crippen LogP contribution < -0.4 is 4.74 Å². The Balaban J connectivity index is 0.00000729. The first-order chi connectivity index (χ1) is 13.0. The molecule has 0 spiro atoms. The van der Waals surface area contributed by atoms with Crippen molar-refractivity contribution < 1.29 is 27.1 Å². The zero-order valence-electron chi connectivity index (χ0n) is 17.8. The van der Waals surface area contributed by atoms with Gasteiger partial charge in [0.1, 0.15) is 12.4 Å². The van der Waals surface area contributed by atoms with E-state index in [1.54, 1.807) is 6.92 Å². The SMILES string of the molecule is CCCCCCCCc1ccc(OCCOC(C)OOS(=O)(=O)CC)cc1.[Na]. The third kappa shape index (κ3) is 13.9. The zero-order chi connectivity index (χ0) is 20.0. The van der Waals surface area contributed by atoms with Crippen LogP contribution in [0.2, 0.25) is 0 Å². The minimum atomic E-state index is -3.64. The molecular formula is C20H34NaO6S. The minimum Gasteiger partial charge on any atom is -0.491 e. The van der Waals surface area contributed by atoms with Crippen molar-refractivity contribution in [3.05, 3.63) is 29.8 Å². The number of aryl methyl sites for hydroxylation is 1. The van der Waals surface area contributed by atoms with Crippen molar-refractivity contribution in [1.82, 2.24) is 0 Å². The van der Waals surface area contributed by atoms with Gasteiger partial charge in [-0.1, -0.05) is 51.2 Å². The molecule has 1 atom stereocenters. The van der Waals surface area contributed by atoms with Crippen LogP contribution in [0.4, 0.5) is 0 Å². The summed E-state index contributed by atoms with van der Waals surface area (Å²) >= 11 is 0. The van der Waals surface area contributed by atoms with E-state index < -0.39 is 16.4 Å². The van der Waals surface area contributed by atoms with Crippen molar-refractivity contribution in [1.29, 1.82) is 0 Å². The van der Waals surface area contributed by atoms with Crippen molar-refractivity contribution in [3.63, 3.8) is 0 Å². The van der Waals surface area contributed by atoms with Gasteiger partial charge in [0, 0.05) is 29.6 Å². The van der Waals surface area contributed by atoms with Crippen molar-refractivity contribution in [2.75, 3.05) is 19.0 Å². The van der Waals surface area contributed by atoms with Crippen LogP contribution >= 0.6 is 0 Å². The molecular weight excluding hydrogens is 391 g/mol. The van der Waals surface area contributed by atoms with Crippen molar-refractivity contribution in [2.45, 2.75) is 72.0 Å². The van der Waals surface area contributed by atoms with Gasteiger partial charge in [0.25, 0.3) is 10.1 Å². The third-order valence-corrected chi connectivity index (χ3v) is 5.07. The Hall–Kier alpha value is -0.150. The zero-order valence-corrected chi connectivity index (χ0v) is 20.6. The summed E-state index contributed by atoms with van der Waals surface area (Å²) in [6, 6.07) is 8.11. The fraction of sp³-hybridized carbons (Fsp3) is 0.700. The summed E-state index contributed by atoms with van der Waals surface area (Å²) in [5.74, 6) is 0.626. The molecule has 0 aliphatic carbocycles. The summed E-state index contributed by atoms with van der Waals surface area (Å²) in [7, 11) is -3.64. The molecule has 0 heterocycles. The van der Waals surface area contributed by atoms with Crippen LogP contribution in [0.1, 0.15) is 64.9 Å². The number of benzene rings is 1. The van der Waals surface area contributed by atoms with Crippen LogP contribution in [0, 0.1) is 0 Å². The second-order valence-electron chi connectivity index (χ2n) is 6.46. The molecule has 157 valence electrons. The summed E-state index contributed by atoms with van der Waals surface area (Å²) < 4.78 is 37.5. The smallest absolute Gasteiger partial charge is 0.293 e. The van der Waals surface area contributed by atoms with Crippen molar-refractivity contribution in [3.8, 4) is 5.75 Å². The van der Waals surface area contributed by atoms with Gasteiger partial charge in [-0.05, 0) is 44.4 Å². The average Bonchev–Trinajstić information content (AvgIpc) is 2.67. The number of rotatable bonds is 16. The van der Waals surface area contributed by atoms with Crippen LogP contribution in [0.3, 0.4) is 0 Å². The van der Waals surface area contributed by atoms with Gasteiger partial charge in [-0.25, -0.2) is 0 Å². The second-order valence-corrected chi connectivity index (χ2v) is 8.29. The van der Waals surface area contributed by atoms with E-state index in [2.05, 4.69) is 28.3 Å². The van der Waals surface area contributed by atoms with Crippen LogP contribution in [0.15, 0.2) is 24.3 Å². The number of hydrogen-bond acceptors (Lipinski definition) is 6. The van der Waals surface area contributed by atoms with Crippen LogP contribution in [-0.2, 0) is 30.5 Å². The van der Waals surface area contributed by atoms with Gasteiger partial charge in [0.05, 0.1) is 12.4 Å². The fourth-order valence-corrected chi connectivity index (χ4v) is 2.75. The first kappa shape index (κ1) is 27.8. The van der Waals surface area contributed by atoms with Gasteiger partial charge in [-0.15, -0.1) is 4.33 Å². The molecule has 1 aromatic rings. The molecule has 0 N–H and O–H groups in total. The first-order valence-corrected chi connectivity index (χ1v) is 11.5. The van der Waals surface area contributed by atoms with E-state index in [0.29, 0.717) is 6.61 Å². The van der Waals surface area contributed by atoms with E-state index in [1.165, 1.54) is 51.0 Å². The Labute approximate surface area is 192 Å². The molecule has 0 bridgehead atoms. The van der Waals surface area contributed by atoms with E-state index in [-0.39, 0.29) is 41.9 Å². The molecule has 6 nitrogen and oxygen atoms in total. The maximum atomic E-state index is 11.1. The van der Waals surface area contributed by atoms with Gasteiger partial charge < -0.3 is 9.47 Å². The number of hydrogen-bond donors (Lipinski definition) is 0. The monoisotopic (exact) mass is 425 g/mol. The summed E-state index contributed by atoms with van der Waals surface area (Å²) in [6.07, 6.45) is 8.12. The molecule has 1 rings (SSSR count). The van der Waals surface area contributed by atoms with Gasteiger partial charge >= 0.3 is 0 Å². The normalized spacial score (nSPS) is 12.4. The van der Waals surface area contributed by atoms with Gasteiger partial charge in [0.15, 0.2) is 6.29 Å². The molecule has 0 amide bonds. The van der Waals surface area contributed by atoms with Crippen molar-refractivity contribution in [2.24, 2.45) is 0 Å². The molecule has 8 heteroatoms. The van der Waals surface area contributed by atoms with Crippen LogP contribution in [-0.4, -0.2) is 63.2 Å². The average molecular weight is 426 g/mol. The summed E-state index contributed by atoms with van der Waals surface area (Å²) in [6.45, 7) is 5.86. The second kappa shape index (κ2) is 16.6. The van der Waals surface area contributed by atoms with Crippen LogP contribution in [0.25, 0.3) is 0 Å². The topological polar surface area (TPSA) is 71.1 Å². The Morgan fingerprint density at radius 2 is 1.57 bits per heavy atom. The predicted molar refractivity (Wildman–Crippen MR) is 112 cm³/mol. The van der Waals surface area contributed by atoms with E-state index in [0.717, 1.165) is 12.2 Å². The summed E-state index contributed by atoms with van der Waals surface area (Å²) in [5, 5.41) is 0. The van der Waals surface area contributed by atoms with Gasteiger partial charge in [0.2, 0.25) is 0 Å². The predicted octanol–water partition coefficient (Wildman–Crippen LogP) is 4.25. The molecule has 28 heavy (non-hydrogen) atoms. The molecule has 0 saturated carbocycles. The summed E-state index contributed by atoms with van der Waals surface area (Å²) in [5.41, 5.74) is 1.32. The minimum absolute atomic E-state index is 0. The Morgan fingerprint density at radius 3 is 2.21 bits per heavy atom. The standard InChI is InChI=1S/C20H34O6S.Na/c1-4-6-7-8-9-10-11-19-12-14-20(15-13-19)24-17-16-23-18(3)25-26-27(21,22)5-2;/h12-15,18H,4-11,16-17H2,1-3H3;. The molecule has 0 aliphatic rings. The molecule has 1 radical (unpaired) electrons.